The molecule has 2 rings (SSSR count). The maximum atomic E-state index is 13.0. The molecule has 0 aromatic heterocycles. The number of rotatable bonds is 5. The maximum absolute atomic E-state index is 13.0. The smallest absolute Gasteiger partial charge is 0.243 e. The second-order valence-corrected chi connectivity index (χ2v) is 5.64. The molecule has 2 aromatic rings. The Hall–Kier alpha value is -2.36. The van der Waals surface area contributed by atoms with E-state index in [-0.39, 0.29) is 18.3 Å². The fourth-order valence-electron chi connectivity index (χ4n) is 2.16. The maximum Gasteiger partial charge on any atom is 0.243 e. The lowest BCUT2D eigenvalue weighted by atomic mass is 10.0. The standard InChI is InChI=1S/C18H21FN2O/c1-12(2)14-4-7-16(8-5-14)21-18(22)11-20-17-9-6-15(19)10-13(17)3/h4-10,12,20H,11H2,1-3H3,(H,21,22). The minimum atomic E-state index is -0.280. The van der Waals surface area contributed by atoms with Crippen LogP contribution in [-0.2, 0) is 4.79 Å². The van der Waals surface area contributed by atoms with Crippen LogP contribution in [0.15, 0.2) is 42.5 Å². The lowest BCUT2D eigenvalue weighted by Gasteiger charge is -2.11. The Morgan fingerprint density at radius 1 is 1.14 bits per heavy atom. The third-order valence-corrected chi connectivity index (χ3v) is 3.49. The Kier molecular flexibility index (Phi) is 5.15. The van der Waals surface area contributed by atoms with Crippen LogP contribution in [0.5, 0.6) is 0 Å². The van der Waals surface area contributed by atoms with Crippen molar-refractivity contribution in [1.82, 2.24) is 0 Å². The van der Waals surface area contributed by atoms with Gasteiger partial charge in [0.2, 0.25) is 5.91 Å². The highest BCUT2D eigenvalue weighted by molar-refractivity contribution is 5.93. The molecule has 0 aliphatic carbocycles. The van der Waals surface area contributed by atoms with E-state index in [1.165, 1.54) is 17.7 Å². The van der Waals surface area contributed by atoms with Crippen LogP contribution < -0.4 is 10.6 Å². The second-order valence-electron chi connectivity index (χ2n) is 5.64. The van der Waals surface area contributed by atoms with Gasteiger partial charge in [0.15, 0.2) is 0 Å². The molecule has 0 spiro atoms. The highest BCUT2D eigenvalue weighted by atomic mass is 19.1. The Labute approximate surface area is 130 Å². The molecule has 2 aromatic carbocycles. The van der Waals surface area contributed by atoms with Gasteiger partial charge < -0.3 is 10.6 Å². The van der Waals surface area contributed by atoms with Crippen molar-refractivity contribution < 1.29 is 9.18 Å². The van der Waals surface area contributed by atoms with E-state index in [4.69, 9.17) is 0 Å². The highest BCUT2D eigenvalue weighted by Crippen LogP contribution is 2.18. The van der Waals surface area contributed by atoms with Crippen LogP contribution in [0.1, 0.15) is 30.9 Å². The summed E-state index contributed by atoms with van der Waals surface area (Å²) < 4.78 is 13.0. The van der Waals surface area contributed by atoms with Crippen LogP contribution in [0.25, 0.3) is 0 Å². The van der Waals surface area contributed by atoms with E-state index >= 15 is 0 Å². The third kappa shape index (κ3) is 4.32. The topological polar surface area (TPSA) is 41.1 Å². The molecule has 0 heterocycles. The van der Waals surface area contributed by atoms with E-state index in [1.54, 1.807) is 13.0 Å². The molecule has 1 amide bonds. The molecule has 0 bridgehead atoms. The lowest BCUT2D eigenvalue weighted by molar-refractivity contribution is -0.114. The molecule has 0 aliphatic rings. The van der Waals surface area contributed by atoms with Gasteiger partial charge in [0, 0.05) is 11.4 Å². The molecular formula is C18H21FN2O. The van der Waals surface area contributed by atoms with Gasteiger partial charge in [0.05, 0.1) is 6.54 Å². The predicted molar refractivity (Wildman–Crippen MR) is 88.8 cm³/mol. The molecule has 0 unspecified atom stereocenters. The molecule has 4 heteroatoms. The van der Waals surface area contributed by atoms with E-state index < -0.39 is 0 Å². The summed E-state index contributed by atoms with van der Waals surface area (Å²) in [6.07, 6.45) is 0. The number of carbonyl (C=O) groups excluding carboxylic acids is 1. The average molecular weight is 300 g/mol. The summed E-state index contributed by atoms with van der Waals surface area (Å²) in [5.74, 6) is 0.0478. The second kappa shape index (κ2) is 7.07. The molecule has 0 fully saturated rings. The summed E-state index contributed by atoms with van der Waals surface area (Å²) in [4.78, 5) is 11.9. The number of halogens is 1. The first-order valence-corrected chi connectivity index (χ1v) is 7.35. The van der Waals surface area contributed by atoms with Crippen molar-refractivity contribution in [1.29, 1.82) is 0 Å². The normalized spacial score (nSPS) is 10.6. The lowest BCUT2D eigenvalue weighted by Crippen LogP contribution is -2.22. The van der Waals surface area contributed by atoms with E-state index in [9.17, 15) is 9.18 Å². The summed E-state index contributed by atoms with van der Waals surface area (Å²) >= 11 is 0. The molecule has 3 nitrogen and oxygen atoms in total. The molecule has 22 heavy (non-hydrogen) atoms. The Balaban J connectivity index is 1.90. The van der Waals surface area contributed by atoms with Crippen molar-refractivity contribution in [3.05, 3.63) is 59.4 Å². The van der Waals surface area contributed by atoms with Crippen molar-refractivity contribution in [3.63, 3.8) is 0 Å². The Morgan fingerprint density at radius 2 is 1.82 bits per heavy atom. The number of anilines is 2. The molecule has 0 saturated heterocycles. The fraction of sp³-hybridized carbons (Fsp3) is 0.278. The van der Waals surface area contributed by atoms with Gasteiger partial charge in [-0.2, -0.15) is 0 Å². The zero-order valence-electron chi connectivity index (χ0n) is 13.1. The quantitative estimate of drug-likeness (QED) is 0.864. The minimum Gasteiger partial charge on any atom is -0.376 e. The van der Waals surface area contributed by atoms with Gasteiger partial charge in [0.25, 0.3) is 0 Å². The summed E-state index contributed by atoms with van der Waals surface area (Å²) in [6.45, 7) is 6.19. The van der Waals surface area contributed by atoms with Gasteiger partial charge in [0.1, 0.15) is 5.82 Å². The summed E-state index contributed by atoms with van der Waals surface area (Å²) in [6, 6.07) is 12.3. The first-order valence-electron chi connectivity index (χ1n) is 7.35. The van der Waals surface area contributed by atoms with Gasteiger partial charge >= 0.3 is 0 Å². The molecular weight excluding hydrogens is 279 g/mol. The van der Waals surface area contributed by atoms with E-state index in [0.29, 0.717) is 5.92 Å². The number of hydrogen-bond acceptors (Lipinski definition) is 2. The number of nitrogens with one attached hydrogen (secondary N) is 2. The summed E-state index contributed by atoms with van der Waals surface area (Å²) in [5.41, 5.74) is 3.53. The van der Waals surface area contributed by atoms with Crippen molar-refractivity contribution in [2.75, 3.05) is 17.2 Å². The van der Waals surface area contributed by atoms with E-state index in [0.717, 1.165) is 16.9 Å². The van der Waals surface area contributed by atoms with Gasteiger partial charge in [-0.15, -0.1) is 0 Å². The van der Waals surface area contributed by atoms with Gasteiger partial charge in [-0.25, -0.2) is 4.39 Å². The van der Waals surface area contributed by atoms with Gasteiger partial charge in [-0.05, 0) is 54.3 Å². The van der Waals surface area contributed by atoms with E-state index in [2.05, 4.69) is 24.5 Å². The largest absolute Gasteiger partial charge is 0.376 e. The van der Waals surface area contributed by atoms with Crippen molar-refractivity contribution in [2.45, 2.75) is 26.7 Å². The van der Waals surface area contributed by atoms with Crippen molar-refractivity contribution in [3.8, 4) is 0 Å². The number of hydrogen-bond donors (Lipinski definition) is 2. The molecule has 2 N–H and O–H groups in total. The van der Waals surface area contributed by atoms with Crippen LogP contribution >= 0.6 is 0 Å². The Morgan fingerprint density at radius 3 is 2.41 bits per heavy atom. The van der Waals surface area contributed by atoms with Crippen LogP contribution in [0.3, 0.4) is 0 Å². The van der Waals surface area contributed by atoms with Crippen LogP contribution in [-0.4, -0.2) is 12.5 Å². The third-order valence-electron chi connectivity index (χ3n) is 3.49. The SMILES string of the molecule is Cc1cc(F)ccc1NCC(=O)Nc1ccc(C(C)C)cc1. The fourth-order valence-corrected chi connectivity index (χ4v) is 2.16. The summed E-state index contributed by atoms with van der Waals surface area (Å²) in [7, 11) is 0. The number of benzene rings is 2. The molecule has 0 atom stereocenters. The molecule has 0 saturated carbocycles. The predicted octanol–water partition coefficient (Wildman–Crippen LogP) is 4.31. The Bertz CT molecular complexity index is 651. The number of carbonyl (C=O) groups is 1. The molecule has 116 valence electrons. The van der Waals surface area contributed by atoms with Crippen LogP contribution in [0.4, 0.5) is 15.8 Å². The van der Waals surface area contributed by atoms with Crippen LogP contribution in [0, 0.1) is 12.7 Å². The summed E-state index contributed by atoms with van der Waals surface area (Å²) in [5, 5.41) is 5.84. The zero-order chi connectivity index (χ0) is 16.1. The average Bonchev–Trinajstić information content (AvgIpc) is 2.47. The van der Waals surface area contributed by atoms with Crippen molar-refractivity contribution in [2.24, 2.45) is 0 Å². The highest BCUT2D eigenvalue weighted by Gasteiger charge is 2.05. The zero-order valence-corrected chi connectivity index (χ0v) is 13.1. The first kappa shape index (κ1) is 16.0. The number of aryl methyl sites for hydroxylation is 1. The van der Waals surface area contributed by atoms with E-state index in [1.807, 2.05) is 24.3 Å². The van der Waals surface area contributed by atoms with Gasteiger partial charge in [-0.1, -0.05) is 26.0 Å². The molecule has 0 aliphatic heterocycles. The van der Waals surface area contributed by atoms with Gasteiger partial charge in [-0.3, -0.25) is 4.79 Å². The number of amides is 1. The monoisotopic (exact) mass is 300 g/mol. The molecule has 0 radical (unpaired) electrons. The van der Waals surface area contributed by atoms with Crippen molar-refractivity contribution >= 4 is 17.3 Å². The van der Waals surface area contributed by atoms with Crippen LogP contribution in [0.2, 0.25) is 0 Å². The first-order chi connectivity index (χ1) is 10.5. The minimum absolute atomic E-state index is 0.137.